The Morgan fingerprint density at radius 1 is 0.292 bits per heavy atom. The van der Waals surface area contributed by atoms with Crippen LogP contribution in [0.1, 0.15) is 389 Å². The highest BCUT2D eigenvalue weighted by atomic mass is 31.2. The van der Waals surface area contributed by atoms with Crippen LogP contribution in [0.4, 0.5) is 0 Å². The van der Waals surface area contributed by atoms with Crippen LogP contribution in [0.2, 0.25) is 0 Å². The summed E-state index contributed by atoms with van der Waals surface area (Å²) in [6.45, 7) is 14.2. The first-order chi connectivity index (χ1) is 46.1. The van der Waals surface area contributed by atoms with Gasteiger partial charge >= 0.3 is 39.5 Å². The van der Waals surface area contributed by atoms with Gasteiger partial charge in [0.2, 0.25) is 0 Å². The lowest BCUT2D eigenvalue weighted by molar-refractivity contribution is -0.161. The van der Waals surface area contributed by atoms with Crippen LogP contribution >= 0.6 is 15.6 Å². The fourth-order valence-electron chi connectivity index (χ4n) is 11.7. The standard InChI is InChI=1S/C77H150O17P2/c1-9-70(8)56-48-40-32-23-18-16-14-12-10-11-13-15-17-19-25-34-43-51-59-76(81)93-72(63-87-74(79)57-49-41-33-24-21-20-22-29-37-45-53-67(2)3)65-91-95(83,84)89-61-71(78)62-90-96(85,86)92-66-73(64-88-75(80)58-50-42-36-28-31-39-47-55-69(6)7)94-77(82)60-52-44-35-27-26-30-38-46-54-68(4)5/h67-73,78H,9-66H2,1-8H3,(H,83,84)(H,85,86)/t70?,71?,72-,73-/m1/s1. The number of phosphoric acid groups is 2. The summed E-state index contributed by atoms with van der Waals surface area (Å²) >= 11 is 0. The van der Waals surface area contributed by atoms with E-state index in [4.69, 9.17) is 37.0 Å². The van der Waals surface area contributed by atoms with Crippen molar-refractivity contribution in [2.24, 2.45) is 23.7 Å². The van der Waals surface area contributed by atoms with Crippen LogP contribution in [0, 0.1) is 23.7 Å². The third-order valence-electron chi connectivity index (χ3n) is 18.2. The van der Waals surface area contributed by atoms with E-state index in [-0.39, 0.29) is 25.7 Å². The fourth-order valence-corrected chi connectivity index (χ4v) is 13.3. The molecule has 0 radical (unpaired) electrons. The summed E-state index contributed by atoms with van der Waals surface area (Å²) < 4.78 is 68.5. The molecule has 0 aromatic heterocycles. The number of unbranched alkanes of at least 4 members (excludes halogenated alkanes) is 39. The molecule has 0 aliphatic carbocycles. The summed E-state index contributed by atoms with van der Waals surface area (Å²) in [6, 6.07) is 0. The summed E-state index contributed by atoms with van der Waals surface area (Å²) in [7, 11) is -9.91. The SMILES string of the molecule is CCC(C)CCCCCCCCCCCCCCCCCCCCC(=O)O[C@H](COC(=O)CCCCCCCCCCCCC(C)C)COP(=O)(O)OCC(O)COP(=O)(O)OC[C@@H](COC(=O)CCCCCCCCCC(C)C)OC(=O)CCCCCCCCCCC(C)C. The maximum absolute atomic E-state index is 13.1. The average molecular weight is 1410 g/mol. The molecule has 0 saturated heterocycles. The lowest BCUT2D eigenvalue weighted by Gasteiger charge is -2.21. The number of hydrogen-bond acceptors (Lipinski definition) is 15. The molecule has 96 heavy (non-hydrogen) atoms. The molecule has 0 aliphatic heterocycles. The third-order valence-corrected chi connectivity index (χ3v) is 20.1. The number of aliphatic hydroxyl groups excluding tert-OH is 1. The molecule has 0 aromatic carbocycles. The summed E-state index contributed by atoms with van der Waals surface area (Å²) in [5.74, 6) is 0.930. The van der Waals surface area contributed by atoms with E-state index < -0.39 is 97.5 Å². The van der Waals surface area contributed by atoms with Crippen molar-refractivity contribution in [3.8, 4) is 0 Å². The van der Waals surface area contributed by atoms with Crippen molar-refractivity contribution >= 4 is 39.5 Å². The Hall–Kier alpha value is -1.94. The maximum Gasteiger partial charge on any atom is 0.472 e. The van der Waals surface area contributed by atoms with Gasteiger partial charge in [-0.1, -0.05) is 338 Å². The molecule has 19 heteroatoms. The number of rotatable bonds is 74. The van der Waals surface area contributed by atoms with E-state index in [0.29, 0.717) is 31.6 Å². The van der Waals surface area contributed by atoms with Crippen LogP contribution in [0.3, 0.4) is 0 Å². The Kier molecular flexibility index (Phi) is 65.0. The summed E-state index contributed by atoms with van der Waals surface area (Å²) in [5.41, 5.74) is 0. The van der Waals surface area contributed by atoms with Crippen molar-refractivity contribution in [3.63, 3.8) is 0 Å². The van der Waals surface area contributed by atoms with Gasteiger partial charge in [-0.3, -0.25) is 37.3 Å². The van der Waals surface area contributed by atoms with Gasteiger partial charge in [-0.15, -0.1) is 0 Å². The average Bonchev–Trinajstić information content (AvgIpc) is 2.87. The van der Waals surface area contributed by atoms with Gasteiger partial charge in [0.25, 0.3) is 0 Å². The monoisotopic (exact) mass is 1410 g/mol. The van der Waals surface area contributed by atoms with E-state index >= 15 is 0 Å². The molecule has 0 saturated carbocycles. The van der Waals surface area contributed by atoms with Gasteiger partial charge in [0.15, 0.2) is 12.2 Å². The van der Waals surface area contributed by atoms with Gasteiger partial charge in [-0.25, -0.2) is 9.13 Å². The largest absolute Gasteiger partial charge is 0.472 e. The zero-order valence-corrected chi connectivity index (χ0v) is 64.8. The smallest absolute Gasteiger partial charge is 0.462 e. The Balaban J connectivity index is 5.19. The number of aliphatic hydroxyl groups is 1. The lowest BCUT2D eigenvalue weighted by Crippen LogP contribution is -2.30. The second-order valence-electron chi connectivity index (χ2n) is 29.4. The molecule has 3 N–H and O–H groups in total. The number of carbonyl (C=O) groups is 4. The van der Waals surface area contributed by atoms with Crippen molar-refractivity contribution < 1.29 is 80.2 Å². The topological polar surface area (TPSA) is 237 Å². The number of hydrogen-bond donors (Lipinski definition) is 3. The lowest BCUT2D eigenvalue weighted by atomic mass is 9.99. The Morgan fingerprint density at radius 3 is 0.740 bits per heavy atom. The van der Waals surface area contributed by atoms with E-state index in [1.807, 2.05) is 0 Å². The molecule has 0 bridgehead atoms. The van der Waals surface area contributed by atoms with Crippen molar-refractivity contribution in [3.05, 3.63) is 0 Å². The second-order valence-corrected chi connectivity index (χ2v) is 32.3. The predicted octanol–water partition coefficient (Wildman–Crippen LogP) is 22.4. The first kappa shape index (κ1) is 94.1. The summed E-state index contributed by atoms with van der Waals surface area (Å²) in [4.78, 5) is 72.8. The zero-order chi connectivity index (χ0) is 71.0. The summed E-state index contributed by atoms with van der Waals surface area (Å²) in [6.07, 6.45) is 51.6. The van der Waals surface area contributed by atoms with Crippen LogP contribution in [-0.4, -0.2) is 96.7 Å². The van der Waals surface area contributed by atoms with Gasteiger partial charge < -0.3 is 33.8 Å². The number of esters is 4. The first-order valence-corrected chi connectivity index (χ1v) is 42.7. The van der Waals surface area contributed by atoms with Crippen LogP contribution in [0.25, 0.3) is 0 Å². The van der Waals surface area contributed by atoms with E-state index in [1.165, 1.54) is 186 Å². The summed E-state index contributed by atoms with van der Waals surface area (Å²) in [5, 5.41) is 10.6. The van der Waals surface area contributed by atoms with Crippen molar-refractivity contribution in [2.75, 3.05) is 39.6 Å². The maximum atomic E-state index is 13.1. The molecular formula is C77H150O17P2. The Labute approximate surface area is 588 Å². The highest BCUT2D eigenvalue weighted by Gasteiger charge is 2.30. The molecule has 570 valence electrons. The minimum Gasteiger partial charge on any atom is -0.462 e. The van der Waals surface area contributed by atoms with Gasteiger partial charge in [-0.05, 0) is 49.4 Å². The molecule has 0 aromatic rings. The van der Waals surface area contributed by atoms with E-state index in [9.17, 15) is 43.2 Å². The van der Waals surface area contributed by atoms with Crippen molar-refractivity contribution in [1.82, 2.24) is 0 Å². The first-order valence-electron chi connectivity index (χ1n) is 39.7. The second kappa shape index (κ2) is 66.3. The van der Waals surface area contributed by atoms with Crippen molar-refractivity contribution in [2.45, 2.75) is 408 Å². The normalized spacial score (nSPS) is 14.4. The number of phosphoric ester groups is 2. The third kappa shape index (κ3) is 69.2. The fraction of sp³-hybridized carbons (Fsp3) is 0.948. The Bertz CT molecular complexity index is 1890. The molecule has 6 atom stereocenters. The van der Waals surface area contributed by atoms with Crippen molar-refractivity contribution in [1.29, 1.82) is 0 Å². The van der Waals surface area contributed by atoms with Crippen LogP contribution in [-0.2, 0) is 65.4 Å². The van der Waals surface area contributed by atoms with Gasteiger partial charge in [0.05, 0.1) is 26.4 Å². The minimum absolute atomic E-state index is 0.103. The van der Waals surface area contributed by atoms with Crippen LogP contribution in [0.5, 0.6) is 0 Å². The molecule has 0 spiro atoms. The van der Waals surface area contributed by atoms with Crippen LogP contribution < -0.4 is 0 Å². The van der Waals surface area contributed by atoms with Gasteiger partial charge in [0.1, 0.15) is 19.3 Å². The highest BCUT2D eigenvalue weighted by Crippen LogP contribution is 2.45. The number of carbonyl (C=O) groups excluding carboxylic acids is 4. The Morgan fingerprint density at radius 2 is 0.500 bits per heavy atom. The zero-order valence-electron chi connectivity index (χ0n) is 63.0. The quantitative estimate of drug-likeness (QED) is 0.0222. The number of ether oxygens (including phenoxy) is 4. The molecule has 0 rings (SSSR count). The molecule has 17 nitrogen and oxygen atoms in total. The molecule has 0 heterocycles. The predicted molar refractivity (Wildman–Crippen MR) is 391 cm³/mol. The molecule has 4 unspecified atom stereocenters. The molecule has 0 fully saturated rings. The molecular weight excluding hydrogens is 1260 g/mol. The van der Waals surface area contributed by atoms with E-state index in [2.05, 4.69) is 55.4 Å². The van der Waals surface area contributed by atoms with Gasteiger partial charge in [-0.2, -0.15) is 0 Å². The highest BCUT2D eigenvalue weighted by molar-refractivity contribution is 7.47. The van der Waals surface area contributed by atoms with E-state index in [1.54, 1.807) is 0 Å². The molecule has 0 amide bonds. The van der Waals surface area contributed by atoms with Crippen LogP contribution in [0.15, 0.2) is 0 Å². The minimum atomic E-state index is -4.96. The van der Waals surface area contributed by atoms with Gasteiger partial charge in [0, 0.05) is 25.7 Å². The molecule has 0 aliphatic rings. The van der Waals surface area contributed by atoms with E-state index in [0.717, 1.165) is 114 Å².